The molecule has 1 unspecified atom stereocenters. The highest BCUT2D eigenvalue weighted by Crippen LogP contribution is 2.40. The van der Waals surface area contributed by atoms with Crippen molar-refractivity contribution in [3.8, 4) is 6.07 Å². The van der Waals surface area contributed by atoms with Crippen LogP contribution in [0.1, 0.15) is 59.8 Å². The van der Waals surface area contributed by atoms with E-state index < -0.39 is 0 Å². The van der Waals surface area contributed by atoms with E-state index in [2.05, 4.69) is 44.0 Å². The predicted molar refractivity (Wildman–Crippen MR) is 85.5 cm³/mol. The van der Waals surface area contributed by atoms with E-state index in [1.165, 1.54) is 25.7 Å². The van der Waals surface area contributed by atoms with Crippen molar-refractivity contribution in [3.05, 3.63) is 0 Å². The van der Waals surface area contributed by atoms with Gasteiger partial charge in [0.15, 0.2) is 0 Å². The molecule has 0 aromatic heterocycles. The largest absolute Gasteiger partial charge is 0.300 e. The van der Waals surface area contributed by atoms with Crippen LogP contribution in [0.3, 0.4) is 0 Å². The van der Waals surface area contributed by atoms with Crippen LogP contribution in [0.25, 0.3) is 0 Å². The van der Waals surface area contributed by atoms with Gasteiger partial charge in [0.1, 0.15) is 5.54 Å². The van der Waals surface area contributed by atoms with Crippen molar-refractivity contribution in [2.45, 2.75) is 65.3 Å². The molecular formula is C17H33N3. The van der Waals surface area contributed by atoms with Crippen molar-refractivity contribution in [3.63, 3.8) is 0 Å². The molecule has 3 nitrogen and oxygen atoms in total. The van der Waals surface area contributed by atoms with E-state index >= 15 is 0 Å². The van der Waals surface area contributed by atoms with Crippen molar-refractivity contribution < 1.29 is 0 Å². The zero-order valence-corrected chi connectivity index (χ0v) is 13.9. The zero-order valence-electron chi connectivity index (χ0n) is 13.9. The highest BCUT2D eigenvalue weighted by atomic mass is 15.2. The van der Waals surface area contributed by atoms with E-state index in [9.17, 15) is 5.26 Å². The van der Waals surface area contributed by atoms with Gasteiger partial charge in [0, 0.05) is 13.1 Å². The summed E-state index contributed by atoms with van der Waals surface area (Å²) in [6, 6.07) is 2.63. The number of nitriles is 1. The maximum atomic E-state index is 9.77. The molecular weight excluding hydrogens is 246 g/mol. The lowest BCUT2D eigenvalue weighted by Crippen LogP contribution is -2.55. The van der Waals surface area contributed by atoms with Gasteiger partial charge in [-0.05, 0) is 44.2 Å². The van der Waals surface area contributed by atoms with Crippen molar-refractivity contribution in [2.24, 2.45) is 11.8 Å². The van der Waals surface area contributed by atoms with Crippen molar-refractivity contribution in [1.82, 2.24) is 10.2 Å². The van der Waals surface area contributed by atoms with E-state index in [-0.39, 0.29) is 5.54 Å². The molecule has 0 heterocycles. The van der Waals surface area contributed by atoms with Gasteiger partial charge in [0.2, 0.25) is 0 Å². The summed E-state index contributed by atoms with van der Waals surface area (Å²) in [5, 5.41) is 13.3. The molecule has 1 aliphatic rings. The maximum absolute atomic E-state index is 9.77. The summed E-state index contributed by atoms with van der Waals surface area (Å²) in [5.74, 6) is 1.33. The van der Waals surface area contributed by atoms with Crippen LogP contribution in [0.4, 0.5) is 0 Å². The van der Waals surface area contributed by atoms with E-state index in [0.717, 1.165) is 38.5 Å². The van der Waals surface area contributed by atoms with Crippen LogP contribution < -0.4 is 5.32 Å². The van der Waals surface area contributed by atoms with Crippen molar-refractivity contribution in [2.75, 3.05) is 26.2 Å². The second-order valence-corrected chi connectivity index (χ2v) is 6.29. The fourth-order valence-electron chi connectivity index (χ4n) is 2.99. The monoisotopic (exact) mass is 279 g/mol. The second kappa shape index (κ2) is 8.64. The third-order valence-corrected chi connectivity index (χ3v) is 4.76. The Labute approximate surface area is 125 Å². The molecule has 20 heavy (non-hydrogen) atoms. The highest BCUT2D eigenvalue weighted by molar-refractivity contribution is 5.16. The lowest BCUT2D eigenvalue weighted by molar-refractivity contribution is 0.174. The van der Waals surface area contributed by atoms with E-state index in [0.29, 0.717) is 5.92 Å². The number of hydrogen-bond donors (Lipinski definition) is 1. The first-order valence-electron chi connectivity index (χ1n) is 8.54. The Balaban J connectivity index is 2.68. The van der Waals surface area contributed by atoms with Crippen LogP contribution in [0.2, 0.25) is 0 Å². The van der Waals surface area contributed by atoms with Gasteiger partial charge in [-0.1, -0.05) is 40.5 Å². The van der Waals surface area contributed by atoms with Crippen molar-refractivity contribution >= 4 is 0 Å². The van der Waals surface area contributed by atoms with Crippen LogP contribution in [0, 0.1) is 23.2 Å². The quantitative estimate of drug-likeness (QED) is 0.630. The number of nitrogens with zero attached hydrogens (tertiary/aromatic N) is 2. The van der Waals surface area contributed by atoms with Crippen LogP contribution in [-0.2, 0) is 0 Å². The van der Waals surface area contributed by atoms with Gasteiger partial charge < -0.3 is 4.90 Å². The molecule has 0 spiro atoms. The Bertz CT molecular complexity index is 302. The van der Waals surface area contributed by atoms with E-state index in [4.69, 9.17) is 0 Å². The van der Waals surface area contributed by atoms with Gasteiger partial charge >= 0.3 is 0 Å². The number of rotatable bonds is 11. The Hall–Kier alpha value is -0.590. The van der Waals surface area contributed by atoms with Crippen LogP contribution >= 0.6 is 0 Å². The fraction of sp³-hybridized carbons (Fsp3) is 0.941. The third kappa shape index (κ3) is 4.75. The van der Waals surface area contributed by atoms with Gasteiger partial charge in [-0.25, -0.2) is 0 Å². The molecule has 0 aliphatic heterocycles. The average molecular weight is 279 g/mol. The summed E-state index contributed by atoms with van der Waals surface area (Å²) in [7, 11) is 0. The molecule has 1 N–H and O–H groups in total. The zero-order chi connectivity index (χ0) is 15.0. The van der Waals surface area contributed by atoms with Gasteiger partial charge in [-0.15, -0.1) is 0 Å². The summed E-state index contributed by atoms with van der Waals surface area (Å²) >= 11 is 0. The minimum atomic E-state index is -0.307. The minimum Gasteiger partial charge on any atom is -0.300 e. The molecule has 1 aliphatic carbocycles. The van der Waals surface area contributed by atoms with Gasteiger partial charge in [0.25, 0.3) is 0 Å². The second-order valence-electron chi connectivity index (χ2n) is 6.29. The molecule has 116 valence electrons. The van der Waals surface area contributed by atoms with Gasteiger partial charge in [-0.2, -0.15) is 5.26 Å². The Morgan fingerprint density at radius 2 is 1.90 bits per heavy atom. The summed E-state index contributed by atoms with van der Waals surface area (Å²) in [6.07, 6.45) is 5.99. The van der Waals surface area contributed by atoms with Gasteiger partial charge in [0.05, 0.1) is 6.07 Å². The summed E-state index contributed by atoms with van der Waals surface area (Å²) in [6.45, 7) is 13.0. The van der Waals surface area contributed by atoms with Crippen LogP contribution in [0.5, 0.6) is 0 Å². The SMILES string of the molecule is CCCNC(C#N)(CN(CC)CC(CC)CC)C1CC1. The Kier molecular flexibility index (Phi) is 7.55. The molecule has 0 radical (unpaired) electrons. The molecule has 0 aromatic carbocycles. The molecule has 1 rings (SSSR count). The standard InChI is InChI=1S/C17H33N3/c1-5-11-19-17(13-18,16-9-10-16)14-20(8-4)12-15(6-2)7-3/h15-16,19H,5-12,14H2,1-4H3. The molecule has 3 heteroatoms. The lowest BCUT2D eigenvalue weighted by Gasteiger charge is -2.35. The summed E-state index contributed by atoms with van der Waals surface area (Å²) < 4.78 is 0. The minimum absolute atomic E-state index is 0.307. The molecule has 0 amide bonds. The number of likely N-dealkylation sites (N-methyl/N-ethyl adjacent to an activating group) is 1. The van der Waals surface area contributed by atoms with Crippen LogP contribution in [0.15, 0.2) is 0 Å². The average Bonchev–Trinajstić information content (AvgIpc) is 3.32. The molecule has 0 bridgehead atoms. The first-order valence-corrected chi connectivity index (χ1v) is 8.54. The lowest BCUT2D eigenvalue weighted by atomic mass is 9.92. The Morgan fingerprint density at radius 1 is 1.25 bits per heavy atom. The topological polar surface area (TPSA) is 39.1 Å². The van der Waals surface area contributed by atoms with Gasteiger partial charge in [-0.3, -0.25) is 5.32 Å². The fourth-order valence-corrected chi connectivity index (χ4v) is 2.99. The summed E-state index contributed by atoms with van der Waals surface area (Å²) in [4.78, 5) is 2.49. The maximum Gasteiger partial charge on any atom is 0.122 e. The van der Waals surface area contributed by atoms with Crippen LogP contribution in [-0.4, -0.2) is 36.6 Å². The smallest absolute Gasteiger partial charge is 0.122 e. The molecule has 0 aromatic rings. The van der Waals surface area contributed by atoms with Crippen molar-refractivity contribution in [1.29, 1.82) is 5.26 Å². The molecule has 1 atom stereocenters. The Morgan fingerprint density at radius 3 is 2.30 bits per heavy atom. The summed E-state index contributed by atoms with van der Waals surface area (Å²) in [5.41, 5.74) is -0.307. The third-order valence-electron chi connectivity index (χ3n) is 4.76. The van der Waals surface area contributed by atoms with E-state index in [1.54, 1.807) is 0 Å². The molecule has 0 saturated heterocycles. The molecule has 1 saturated carbocycles. The first-order chi connectivity index (χ1) is 9.65. The first kappa shape index (κ1) is 17.5. The predicted octanol–water partition coefficient (Wildman–Crippen LogP) is 3.42. The molecule has 1 fully saturated rings. The highest BCUT2D eigenvalue weighted by Gasteiger charge is 2.46. The normalized spacial score (nSPS) is 18.2. The van der Waals surface area contributed by atoms with E-state index in [1.807, 2.05) is 0 Å². The number of hydrogen-bond acceptors (Lipinski definition) is 3. The number of nitrogens with one attached hydrogen (secondary N) is 1.